The molecule has 0 aliphatic rings. The average molecular weight is 480 g/mol. The van der Waals surface area contributed by atoms with Crippen molar-refractivity contribution < 1.29 is 23.1 Å². The second-order valence-electron chi connectivity index (χ2n) is 6.00. The average Bonchev–Trinajstić information content (AvgIpc) is 3.18. The van der Waals surface area contributed by atoms with Gasteiger partial charge in [-0.1, -0.05) is 22.9 Å². The Morgan fingerprint density at radius 1 is 1.21 bits per heavy atom. The number of aromatic nitrogens is 2. The molecule has 1 amide bonds. The lowest BCUT2D eigenvalue weighted by Crippen LogP contribution is -2.15. The van der Waals surface area contributed by atoms with Gasteiger partial charge in [-0.05, 0) is 48.5 Å². The lowest BCUT2D eigenvalue weighted by atomic mass is 10.3. The highest BCUT2D eigenvalue weighted by atomic mass is 79.9. The van der Waals surface area contributed by atoms with Crippen molar-refractivity contribution in [2.24, 2.45) is 0 Å². The molecule has 0 spiro atoms. The van der Waals surface area contributed by atoms with E-state index in [4.69, 9.17) is 4.74 Å². The fourth-order valence-electron chi connectivity index (χ4n) is 2.39. The summed E-state index contributed by atoms with van der Waals surface area (Å²) in [5.74, 6) is -0.276. The molecule has 1 heterocycles. The Bertz CT molecular complexity index is 1130. The van der Waals surface area contributed by atoms with Gasteiger partial charge in [-0.3, -0.25) is 4.79 Å². The molecule has 152 valence electrons. The third-order valence-electron chi connectivity index (χ3n) is 4.01. The number of carbonyl (C=O) groups excluding carboxylic acids is 1. The van der Waals surface area contributed by atoms with Crippen molar-refractivity contribution in [3.8, 4) is 11.5 Å². The number of hydrogen-bond donors (Lipinski definition) is 2. The zero-order valence-corrected chi connectivity index (χ0v) is 17.8. The summed E-state index contributed by atoms with van der Waals surface area (Å²) in [6, 6.07) is 12.5. The maximum atomic E-state index is 12.4. The minimum atomic E-state index is -3.47. The molecule has 1 aromatic heterocycles. The van der Waals surface area contributed by atoms with Gasteiger partial charge in [-0.25, -0.2) is 13.1 Å². The lowest BCUT2D eigenvalue weighted by molar-refractivity contribution is 0.101. The summed E-state index contributed by atoms with van der Waals surface area (Å²) < 4.78 is 32.0. The number of hydrogen-bond acceptors (Lipinski definition) is 6. The number of aromatic hydroxyl groups is 1. The fraction of sp³-hybridized carbons (Fsp3) is 0.158. The van der Waals surface area contributed by atoms with Crippen molar-refractivity contribution in [1.82, 2.24) is 9.78 Å². The summed E-state index contributed by atoms with van der Waals surface area (Å²) >= 11 is 3.34. The predicted molar refractivity (Wildman–Crippen MR) is 111 cm³/mol. The number of halogens is 1. The second-order valence-corrected chi connectivity index (χ2v) is 9.20. The van der Waals surface area contributed by atoms with Gasteiger partial charge in [0, 0.05) is 10.7 Å². The number of anilines is 1. The highest BCUT2D eigenvalue weighted by molar-refractivity contribution is 9.10. The molecule has 0 saturated heterocycles. The summed E-state index contributed by atoms with van der Waals surface area (Å²) in [5, 5.41) is 16.6. The minimum Gasteiger partial charge on any atom is -0.506 e. The van der Waals surface area contributed by atoms with E-state index in [2.05, 4.69) is 26.3 Å². The highest BCUT2D eigenvalue weighted by Gasteiger charge is 2.17. The van der Waals surface area contributed by atoms with Crippen LogP contribution >= 0.6 is 15.9 Å². The van der Waals surface area contributed by atoms with Crippen LogP contribution in [0, 0.1) is 0 Å². The van der Waals surface area contributed by atoms with Crippen LogP contribution in [0.25, 0.3) is 0 Å². The highest BCUT2D eigenvalue weighted by Crippen LogP contribution is 2.27. The van der Waals surface area contributed by atoms with Crippen molar-refractivity contribution in [3.05, 3.63) is 64.9 Å². The number of phenolic OH excluding ortho intramolecular Hbond substituents is 1. The largest absolute Gasteiger partial charge is 0.506 e. The molecule has 8 nitrogen and oxygen atoms in total. The summed E-state index contributed by atoms with van der Waals surface area (Å²) in [7, 11) is -3.47. The summed E-state index contributed by atoms with van der Waals surface area (Å²) in [6.45, 7) is 1.62. The Hall–Kier alpha value is -2.85. The number of benzene rings is 2. The van der Waals surface area contributed by atoms with Gasteiger partial charge in [-0.2, -0.15) is 5.10 Å². The molecule has 10 heteroatoms. The molecule has 0 saturated carbocycles. The van der Waals surface area contributed by atoms with Gasteiger partial charge in [0.2, 0.25) is 0 Å². The first-order valence-corrected chi connectivity index (χ1v) is 11.0. The number of rotatable bonds is 7. The van der Waals surface area contributed by atoms with E-state index in [0.717, 1.165) is 4.47 Å². The first-order chi connectivity index (χ1) is 13.8. The molecule has 0 aliphatic carbocycles. The Morgan fingerprint density at radius 2 is 1.93 bits per heavy atom. The van der Waals surface area contributed by atoms with Crippen LogP contribution in [0.2, 0.25) is 0 Å². The van der Waals surface area contributed by atoms with Gasteiger partial charge >= 0.3 is 0 Å². The van der Waals surface area contributed by atoms with Crippen molar-refractivity contribution in [1.29, 1.82) is 0 Å². The molecule has 2 N–H and O–H groups in total. The normalized spacial score (nSPS) is 11.2. The van der Waals surface area contributed by atoms with E-state index in [0.29, 0.717) is 5.75 Å². The quantitative estimate of drug-likeness (QED) is 0.502. The van der Waals surface area contributed by atoms with Crippen LogP contribution in [0.1, 0.15) is 17.4 Å². The van der Waals surface area contributed by atoms with E-state index >= 15 is 0 Å². The Labute approximate surface area is 176 Å². The Balaban J connectivity index is 1.69. The molecule has 0 fully saturated rings. The topological polar surface area (TPSA) is 111 Å². The molecule has 3 aromatic rings. The van der Waals surface area contributed by atoms with E-state index < -0.39 is 15.7 Å². The van der Waals surface area contributed by atoms with Crippen LogP contribution < -0.4 is 10.1 Å². The number of sulfone groups is 1. The summed E-state index contributed by atoms with van der Waals surface area (Å²) in [6.07, 6.45) is 1.57. The van der Waals surface area contributed by atoms with E-state index in [1.54, 1.807) is 18.3 Å². The standard InChI is InChI=1S/C19H18BrN3O5S/c1-2-29(26,27)15-7-8-18(24)17(11-15)21-19(25)16-9-10-23(22-16)12-28-14-5-3-13(20)4-6-14/h3-11,24H,2,12H2,1H3,(H,21,25). The third kappa shape index (κ3) is 5.15. The monoisotopic (exact) mass is 479 g/mol. The fourth-order valence-corrected chi connectivity index (χ4v) is 3.56. The molecular weight excluding hydrogens is 462 g/mol. The molecule has 3 rings (SSSR count). The summed E-state index contributed by atoms with van der Waals surface area (Å²) in [4.78, 5) is 12.4. The maximum Gasteiger partial charge on any atom is 0.276 e. The van der Waals surface area contributed by atoms with E-state index in [-0.39, 0.29) is 34.5 Å². The second kappa shape index (κ2) is 8.66. The van der Waals surface area contributed by atoms with Crippen LogP contribution in [0.5, 0.6) is 11.5 Å². The maximum absolute atomic E-state index is 12.4. The van der Waals surface area contributed by atoms with E-state index in [9.17, 15) is 18.3 Å². The van der Waals surface area contributed by atoms with E-state index in [1.165, 1.54) is 35.9 Å². The third-order valence-corrected chi connectivity index (χ3v) is 6.27. The molecule has 0 radical (unpaired) electrons. The Kier molecular flexibility index (Phi) is 6.23. The molecule has 0 atom stereocenters. The lowest BCUT2D eigenvalue weighted by Gasteiger charge is -2.09. The molecule has 0 bridgehead atoms. The smallest absolute Gasteiger partial charge is 0.276 e. The number of phenols is 1. The summed E-state index contributed by atoms with van der Waals surface area (Å²) in [5.41, 5.74) is 0.0812. The number of amides is 1. The first-order valence-electron chi connectivity index (χ1n) is 8.57. The SMILES string of the molecule is CCS(=O)(=O)c1ccc(O)c(NC(=O)c2ccn(COc3ccc(Br)cc3)n2)c1. The number of nitrogens with one attached hydrogen (secondary N) is 1. The van der Waals surface area contributed by atoms with Gasteiger partial charge < -0.3 is 15.2 Å². The van der Waals surface area contributed by atoms with Crippen molar-refractivity contribution in [2.75, 3.05) is 11.1 Å². The zero-order chi connectivity index (χ0) is 21.0. The molecule has 2 aromatic carbocycles. The van der Waals surface area contributed by atoms with Gasteiger partial charge in [-0.15, -0.1) is 0 Å². The predicted octanol–water partition coefficient (Wildman–Crippen LogP) is 3.43. The van der Waals surface area contributed by atoms with Gasteiger partial charge in [0.05, 0.1) is 16.3 Å². The van der Waals surface area contributed by atoms with Gasteiger partial charge in [0.25, 0.3) is 5.91 Å². The van der Waals surface area contributed by atoms with E-state index in [1.807, 2.05) is 12.1 Å². The van der Waals surface area contributed by atoms with Crippen molar-refractivity contribution >= 4 is 37.4 Å². The zero-order valence-electron chi connectivity index (χ0n) is 15.4. The number of nitrogens with zero attached hydrogens (tertiary/aromatic N) is 2. The number of ether oxygens (including phenoxy) is 1. The molecule has 29 heavy (non-hydrogen) atoms. The van der Waals surface area contributed by atoms with Gasteiger partial charge in [0.15, 0.2) is 22.3 Å². The van der Waals surface area contributed by atoms with Crippen LogP contribution in [0.4, 0.5) is 5.69 Å². The first kappa shape index (κ1) is 20.9. The molecule has 0 unspecified atom stereocenters. The Morgan fingerprint density at radius 3 is 2.62 bits per heavy atom. The van der Waals surface area contributed by atoms with Crippen LogP contribution in [0.3, 0.4) is 0 Å². The minimum absolute atomic E-state index is 0.00909. The molecule has 0 aliphatic heterocycles. The van der Waals surface area contributed by atoms with Crippen molar-refractivity contribution in [3.63, 3.8) is 0 Å². The van der Waals surface area contributed by atoms with Crippen LogP contribution in [-0.2, 0) is 16.6 Å². The van der Waals surface area contributed by atoms with Crippen LogP contribution in [0.15, 0.2) is 64.1 Å². The van der Waals surface area contributed by atoms with Crippen LogP contribution in [-0.4, -0.2) is 35.0 Å². The van der Waals surface area contributed by atoms with Crippen molar-refractivity contribution in [2.45, 2.75) is 18.6 Å². The molecular formula is C19H18BrN3O5S. The number of carbonyl (C=O) groups is 1. The van der Waals surface area contributed by atoms with Gasteiger partial charge in [0.1, 0.15) is 11.5 Å².